The third-order valence-electron chi connectivity index (χ3n) is 3.15. The van der Waals surface area contributed by atoms with Gasteiger partial charge in [0.2, 0.25) is 0 Å². The van der Waals surface area contributed by atoms with E-state index in [-0.39, 0.29) is 0 Å². The summed E-state index contributed by atoms with van der Waals surface area (Å²) in [4.78, 5) is 1.26. The Labute approximate surface area is 138 Å². The highest BCUT2D eigenvalue weighted by Gasteiger charge is 2.13. The number of thioether (sulfide) groups is 1. The fourth-order valence-electron chi connectivity index (χ4n) is 1.98. The van der Waals surface area contributed by atoms with Gasteiger partial charge < -0.3 is 0 Å². The summed E-state index contributed by atoms with van der Waals surface area (Å²) in [6.45, 7) is 5.16. The minimum Gasteiger partial charge on any atom is -0.268 e. The van der Waals surface area contributed by atoms with Crippen LogP contribution in [0.1, 0.15) is 30.8 Å². The van der Waals surface area contributed by atoms with Crippen LogP contribution in [-0.2, 0) is 24.6 Å². The van der Waals surface area contributed by atoms with Crippen molar-refractivity contribution in [2.24, 2.45) is 0 Å². The number of rotatable bonds is 6. The van der Waals surface area contributed by atoms with Crippen molar-refractivity contribution in [2.75, 3.05) is 0 Å². The molecular weight excluding hydrogens is 356 g/mol. The van der Waals surface area contributed by atoms with Gasteiger partial charge in [-0.15, -0.1) is 23.4 Å². The Bertz CT molecular complexity index is 566. The van der Waals surface area contributed by atoms with E-state index in [4.69, 9.17) is 11.6 Å². The lowest BCUT2D eigenvalue weighted by atomic mass is 10.2. The second-order valence-electron chi connectivity index (χ2n) is 4.44. The molecule has 0 N–H and O–H groups in total. The molecule has 2 aromatic rings. The molecule has 0 saturated carbocycles. The second kappa shape index (κ2) is 7.53. The standard InChI is InChI=1S/C15H18BrClN2S/c1-3-13-15(16)14(19(4-2)18-13)10-20-12-7-5-11(9-17)6-8-12/h5-8H,3-4,9-10H2,1-2H3. The molecule has 1 aromatic heterocycles. The molecule has 5 heteroatoms. The molecule has 0 spiro atoms. The maximum Gasteiger partial charge on any atom is 0.0767 e. The second-order valence-corrected chi connectivity index (χ2v) is 6.55. The van der Waals surface area contributed by atoms with Crippen LogP contribution < -0.4 is 0 Å². The lowest BCUT2D eigenvalue weighted by Crippen LogP contribution is -2.01. The summed E-state index contributed by atoms with van der Waals surface area (Å²) in [5.41, 5.74) is 3.56. The van der Waals surface area contributed by atoms with Crippen molar-refractivity contribution >= 4 is 39.3 Å². The first-order chi connectivity index (χ1) is 9.69. The zero-order valence-electron chi connectivity index (χ0n) is 11.7. The molecule has 0 fully saturated rings. The van der Waals surface area contributed by atoms with Gasteiger partial charge in [-0.1, -0.05) is 19.1 Å². The average Bonchev–Trinajstić information content (AvgIpc) is 2.81. The van der Waals surface area contributed by atoms with Gasteiger partial charge in [-0.25, -0.2) is 0 Å². The number of hydrogen-bond acceptors (Lipinski definition) is 2. The predicted molar refractivity (Wildman–Crippen MR) is 90.5 cm³/mol. The Kier molecular flexibility index (Phi) is 6.00. The van der Waals surface area contributed by atoms with E-state index in [0.717, 1.165) is 34.4 Å². The van der Waals surface area contributed by atoms with Crippen molar-refractivity contribution in [2.45, 2.75) is 43.3 Å². The van der Waals surface area contributed by atoms with E-state index in [0.29, 0.717) is 5.88 Å². The summed E-state index contributed by atoms with van der Waals surface area (Å²) in [6.07, 6.45) is 0.954. The molecule has 0 atom stereocenters. The number of alkyl halides is 1. The molecule has 0 radical (unpaired) electrons. The highest BCUT2D eigenvalue weighted by molar-refractivity contribution is 9.10. The van der Waals surface area contributed by atoms with Crippen LogP contribution in [0.25, 0.3) is 0 Å². The summed E-state index contributed by atoms with van der Waals surface area (Å²) >= 11 is 11.3. The van der Waals surface area contributed by atoms with Gasteiger partial charge in [-0.05, 0) is 47.0 Å². The lowest BCUT2D eigenvalue weighted by molar-refractivity contribution is 0.627. The van der Waals surface area contributed by atoms with Crippen molar-refractivity contribution < 1.29 is 0 Å². The highest BCUT2D eigenvalue weighted by atomic mass is 79.9. The largest absolute Gasteiger partial charge is 0.268 e. The molecule has 2 nitrogen and oxygen atoms in total. The van der Waals surface area contributed by atoms with Crippen LogP contribution in [0.4, 0.5) is 0 Å². The SMILES string of the molecule is CCc1nn(CC)c(CSc2ccc(CCl)cc2)c1Br. The van der Waals surface area contributed by atoms with Crippen LogP contribution in [0.15, 0.2) is 33.6 Å². The van der Waals surface area contributed by atoms with Crippen LogP contribution in [-0.4, -0.2) is 9.78 Å². The van der Waals surface area contributed by atoms with E-state index in [1.807, 2.05) is 11.8 Å². The fourth-order valence-corrected chi connectivity index (χ4v) is 3.98. The molecule has 0 aliphatic carbocycles. The fraction of sp³-hybridized carbons (Fsp3) is 0.400. The summed E-state index contributed by atoms with van der Waals surface area (Å²) < 4.78 is 3.25. The topological polar surface area (TPSA) is 17.8 Å². The minimum atomic E-state index is 0.568. The molecule has 1 aromatic carbocycles. The zero-order chi connectivity index (χ0) is 14.5. The van der Waals surface area contributed by atoms with E-state index in [2.05, 4.69) is 63.8 Å². The zero-order valence-corrected chi connectivity index (χ0v) is 14.9. The Morgan fingerprint density at radius 1 is 1.25 bits per heavy atom. The van der Waals surface area contributed by atoms with Gasteiger partial charge in [0.15, 0.2) is 0 Å². The third-order valence-corrected chi connectivity index (χ3v) is 5.39. The van der Waals surface area contributed by atoms with Gasteiger partial charge in [-0.3, -0.25) is 4.68 Å². The third kappa shape index (κ3) is 3.60. The van der Waals surface area contributed by atoms with Gasteiger partial charge in [0, 0.05) is 23.1 Å². The van der Waals surface area contributed by atoms with Crippen molar-refractivity contribution in [1.82, 2.24) is 9.78 Å². The van der Waals surface area contributed by atoms with Crippen LogP contribution in [0, 0.1) is 0 Å². The van der Waals surface area contributed by atoms with E-state index < -0.39 is 0 Å². The molecule has 0 aliphatic rings. The van der Waals surface area contributed by atoms with Crippen molar-refractivity contribution in [1.29, 1.82) is 0 Å². The first-order valence-corrected chi connectivity index (χ1v) is 9.02. The van der Waals surface area contributed by atoms with Gasteiger partial charge in [-0.2, -0.15) is 5.10 Å². The van der Waals surface area contributed by atoms with Gasteiger partial charge in [0.1, 0.15) is 0 Å². The number of hydrogen-bond donors (Lipinski definition) is 0. The number of aryl methyl sites for hydroxylation is 2. The quantitative estimate of drug-likeness (QED) is 0.508. The summed E-state index contributed by atoms with van der Waals surface area (Å²) in [7, 11) is 0. The smallest absolute Gasteiger partial charge is 0.0767 e. The van der Waals surface area contributed by atoms with Crippen molar-refractivity contribution in [3.63, 3.8) is 0 Å². The first kappa shape index (κ1) is 15.9. The molecule has 1 heterocycles. The summed E-state index contributed by atoms with van der Waals surface area (Å²) in [6, 6.07) is 8.42. The monoisotopic (exact) mass is 372 g/mol. The molecular formula is C15H18BrClN2S. The van der Waals surface area contributed by atoms with Gasteiger partial charge in [0.25, 0.3) is 0 Å². The normalized spacial score (nSPS) is 11.0. The Morgan fingerprint density at radius 2 is 1.95 bits per heavy atom. The molecule has 0 bridgehead atoms. The number of halogens is 2. The lowest BCUT2D eigenvalue weighted by Gasteiger charge is -2.06. The molecule has 2 rings (SSSR count). The Balaban J connectivity index is 2.11. The molecule has 0 unspecified atom stereocenters. The summed E-state index contributed by atoms with van der Waals surface area (Å²) in [5.74, 6) is 1.49. The van der Waals surface area contributed by atoms with Crippen LogP contribution in [0.3, 0.4) is 0 Å². The van der Waals surface area contributed by atoms with E-state index in [1.54, 1.807) is 0 Å². The summed E-state index contributed by atoms with van der Waals surface area (Å²) in [5, 5.41) is 4.63. The molecule has 0 amide bonds. The maximum absolute atomic E-state index is 5.81. The van der Waals surface area contributed by atoms with Gasteiger partial charge >= 0.3 is 0 Å². The average molecular weight is 374 g/mol. The van der Waals surface area contributed by atoms with E-state index in [1.165, 1.54) is 10.6 Å². The first-order valence-electron chi connectivity index (χ1n) is 6.71. The number of aromatic nitrogens is 2. The molecule has 20 heavy (non-hydrogen) atoms. The van der Waals surface area contributed by atoms with Crippen LogP contribution >= 0.6 is 39.3 Å². The van der Waals surface area contributed by atoms with Gasteiger partial charge in [0.05, 0.1) is 15.9 Å². The molecule has 0 saturated heterocycles. The predicted octanol–water partition coefficient (Wildman–Crippen LogP) is 5.26. The number of nitrogens with zero attached hydrogens (tertiary/aromatic N) is 2. The van der Waals surface area contributed by atoms with Crippen molar-refractivity contribution in [3.8, 4) is 0 Å². The highest BCUT2D eigenvalue weighted by Crippen LogP contribution is 2.29. The van der Waals surface area contributed by atoms with E-state index >= 15 is 0 Å². The Hall–Kier alpha value is -0.450. The maximum atomic E-state index is 5.81. The minimum absolute atomic E-state index is 0.568. The Morgan fingerprint density at radius 3 is 2.50 bits per heavy atom. The van der Waals surface area contributed by atoms with Crippen LogP contribution in [0.5, 0.6) is 0 Å². The van der Waals surface area contributed by atoms with Crippen molar-refractivity contribution in [3.05, 3.63) is 45.7 Å². The number of benzene rings is 1. The van der Waals surface area contributed by atoms with Crippen LogP contribution in [0.2, 0.25) is 0 Å². The molecule has 0 aliphatic heterocycles. The molecule has 108 valence electrons. The van der Waals surface area contributed by atoms with E-state index in [9.17, 15) is 0 Å².